The van der Waals surface area contributed by atoms with E-state index in [0.29, 0.717) is 6.07 Å². The van der Waals surface area contributed by atoms with Gasteiger partial charge in [0.15, 0.2) is 0 Å². The van der Waals surface area contributed by atoms with E-state index < -0.39 is 51.1 Å². The van der Waals surface area contributed by atoms with E-state index >= 15 is 0 Å². The Labute approximate surface area is 220 Å². The molecule has 7 nitrogen and oxygen atoms in total. The highest BCUT2D eigenvalue weighted by molar-refractivity contribution is 7.89. The number of nitrogens with one attached hydrogen (secondary N) is 1. The summed E-state index contributed by atoms with van der Waals surface area (Å²) in [6, 6.07) is 6.44. The molecule has 208 valence electrons. The molecule has 2 atom stereocenters. The van der Waals surface area contributed by atoms with Crippen LogP contribution in [0, 0.1) is 0 Å². The first kappa shape index (κ1) is 31.2. The van der Waals surface area contributed by atoms with Crippen LogP contribution in [0.25, 0.3) is 0 Å². The van der Waals surface area contributed by atoms with Gasteiger partial charge in [-0.3, -0.25) is 4.79 Å². The molecule has 2 unspecified atom stereocenters. The van der Waals surface area contributed by atoms with Crippen LogP contribution in [-0.2, 0) is 27.4 Å². The molecule has 0 saturated heterocycles. The van der Waals surface area contributed by atoms with Crippen LogP contribution in [0.5, 0.6) is 0 Å². The fourth-order valence-corrected chi connectivity index (χ4v) is 5.92. The monoisotopic (exact) mass is 564 g/mol. The van der Waals surface area contributed by atoms with Gasteiger partial charge in [0.05, 0.1) is 23.0 Å². The van der Waals surface area contributed by atoms with E-state index in [1.54, 1.807) is 11.3 Å². The number of nitrogens with zero attached hydrogens (tertiary/aromatic N) is 1. The SMILES string of the molecule is CC(CC(=O)O)c1cc(C(F)(F)F)cc(S(=O)(=O)N(C)CC(O)CNC(C)(C)CCCc2cccs2)c1. The highest BCUT2D eigenvalue weighted by Crippen LogP contribution is 2.34. The van der Waals surface area contributed by atoms with Crippen LogP contribution in [0.1, 0.15) is 62.0 Å². The minimum Gasteiger partial charge on any atom is -0.481 e. The molecule has 12 heteroatoms. The summed E-state index contributed by atoms with van der Waals surface area (Å²) in [5.74, 6) is -2.05. The molecule has 0 aliphatic rings. The number of carbonyl (C=O) groups is 1. The number of β-amino-alcohol motifs (C(OH)–C–C–N with tert-alkyl or cyclic N) is 1. The van der Waals surface area contributed by atoms with Gasteiger partial charge in [-0.05, 0) is 74.2 Å². The molecule has 1 aromatic heterocycles. The van der Waals surface area contributed by atoms with E-state index in [9.17, 15) is 31.5 Å². The second kappa shape index (κ2) is 12.7. The number of benzene rings is 1. The Morgan fingerprint density at radius 1 is 1.22 bits per heavy atom. The predicted octanol–water partition coefficient (Wildman–Crippen LogP) is 4.72. The molecule has 1 aromatic carbocycles. The molecule has 0 amide bonds. The number of aryl methyl sites for hydroxylation is 1. The van der Waals surface area contributed by atoms with Gasteiger partial charge in [0.1, 0.15) is 0 Å². The van der Waals surface area contributed by atoms with Crippen molar-refractivity contribution in [3.8, 4) is 0 Å². The van der Waals surface area contributed by atoms with Crippen molar-refractivity contribution in [2.75, 3.05) is 20.1 Å². The predicted molar refractivity (Wildman–Crippen MR) is 137 cm³/mol. The lowest BCUT2D eigenvalue weighted by Gasteiger charge is -2.29. The van der Waals surface area contributed by atoms with E-state index in [4.69, 9.17) is 5.11 Å². The van der Waals surface area contributed by atoms with E-state index in [2.05, 4.69) is 11.4 Å². The van der Waals surface area contributed by atoms with Gasteiger partial charge in [-0.1, -0.05) is 13.0 Å². The van der Waals surface area contributed by atoms with E-state index in [0.717, 1.165) is 35.7 Å². The molecule has 0 fully saturated rings. The van der Waals surface area contributed by atoms with Crippen molar-refractivity contribution in [3.63, 3.8) is 0 Å². The van der Waals surface area contributed by atoms with Crippen LogP contribution < -0.4 is 5.32 Å². The average Bonchev–Trinajstić information content (AvgIpc) is 3.29. The maximum Gasteiger partial charge on any atom is 0.416 e. The summed E-state index contributed by atoms with van der Waals surface area (Å²) in [6.45, 7) is 5.14. The molecular weight excluding hydrogens is 529 g/mol. The van der Waals surface area contributed by atoms with Gasteiger partial charge < -0.3 is 15.5 Å². The Morgan fingerprint density at radius 3 is 2.46 bits per heavy atom. The van der Waals surface area contributed by atoms with Gasteiger partial charge in [0.2, 0.25) is 10.0 Å². The van der Waals surface area contributed by atoms with Crippen molar-refractivity contribution in [1.82, 2.24) is 9.62 Å². The molecular formula is C25H35F3N2O5S2. The molecule has 1 heterocycles. The number of thiophene rings is 1. The Kier molecular flexibility index (Phi) is 10.7. The maximum atomic E-state index is 13.5. The molecule has 0 aliphatic carbocycles. The zero-order chi connectivity index (χ0) is 28.0. The molecule has 0 radical (unpaired) electrons. The van der Waals surface area contributed by atoms with Gasteiger partial charge in [0, 0.05) is 30.6 Å². The normalized spacial score (nSPS) is 14.6. The Bertz CT molecular complexity index is 1140. The lowest BCUT2D eigenvalue weighted by molar-refractivity contribution is -0.138. The second-order valence-corrected chi connectivity index (χ2v) is 13.0. The topological polar surface area (TPSA) is 107 Å². The fourth-order valence-electron chi connectivity index (χ4n) is 3.88. The number of alkyl halides is 3. The number of aliphatic hydroxyl groups is 1. The standard InChI is InChI=1S/C25H35F3N2O5S2/c1-17(11-23(32)33)18-12-19(25(26,27)28)14-22(13-18)37(34,35)30(4)16-20(31)15-29-24(2,3)9-5-7-21-8-6-10-36-21/h6,8,10,12-14,17,20,29,31H,5,7,9,11,15-16H2,1-4H3,(H,32,33). The van der Waals surface area contributed by atoms with Gasteiger partial charge in [-0.15, -0.1) is 11.3 Å². The number of likely N-dealkylation sites (N-methyl/N-ethyl adjacent to an activating group) is 1. The highest BCUT2D eigenvalue weighted by atomic mass is 32.2. The number of carboxylic acid groups (broad SMARTS) is 1. The lowest BCUT2D eigenvalue weighted by Crippen LogP contribution is -2.46. The summed E-state index contributed by atoms with van der Waals surface area (Å²) in [4.78, 5) is 11.7. The number of carboxylic acids is 1. The summed E-state index contributed by atoms with van der Waals surface area (Å²) in [5.41, 5.74) is -1.54. The van der Waals surface area contributed by atoms with Crippen LogP contribution in [-0.4, -0.2) is 60.7 Å². The van der Waals surface area contributed by atoms with Crippen LogP contribution in [0.2, 0.25) is 0 Å². The smallest absolute Gasteiger partial charge is 0.416 e. The van der Waals surface area contributed by atoms with Crippen LogP contribution in [0.15, 0.2) is 40.6 Å². The Hall–Kier alpha value is -1.99. The van der Waals surface area contributed by atoms with Gasteiger partial charge >= 0.3 is 12.1 Å². The van der Waals surface area contributed by atoms with Crippen molar-refractivity contribution < 1.29 is 36.6 Å². The van der Waals surface area contributed by atoms with Gasteiger partial charge in [-0.25, -0.2) is 8.42 Å². The Morgan fingerprint density at radius 2 is 1.89 bits per heavy atom. The van der Waals surface area contributed by atoms with Crippen LogP contribution >= 0.6 is 11.3 Å². The minimum atomic E-state index is -4.82. The number of hydrogen-bond donors (Lipinski definition) is 3. The number of aliphatic carboxylic acids is 1. The van der Waals surface area contributed by atoms with Crippen molar-refractivity contribution in [2.45, 2.75) is 75.1 Å². The zero-order valence-corrected chi connectivity index (χ0v) is 23.0. The molecule has 37 heavy (non-hydrogen) atoms. The summed E-state index contributed by atoms with van der Waals surface area (Å²) in [6.07, 6.45) is -3.68. The largest absolute Gasteiger partial charge is 0.481 e. The summed E-state index contributed by atoms with van der Waals surface area (Å²) in [7, 11) is -3.21. The van der Waals surface area contributed by atoms with E-state index in [1.807, 2.05) is 25.3 Å². The maximum absolute atomic E-state index is 13.5. The third-order valence-corrected chi connectivity index (χ3v) is 8.84. The van der Waals surface area contributed by atoms with Crippen molar-refractivity contribution in [3.05, 3.63) is 51.7 Å². The minimum absolute atomic E-state index is 0.0456. The third-order valence-electron chi connectivity index (χ3n) is 6.10. The highest BCUT2D eigenvalue weighted by Gasteiger charge is 2.34. The number of sulfonamides is 1. The van der Waals surface area contributed by atoms with Gasteiger partial charge in [0.25, 0.3) is 0 Å². The van der Waals surface area contributed by atoms with Crippen molar-refractivity contribution >= 4 is 27.3 Å². The van der Waals surface area contributed by atoms with Crippen molar-refractivity contribution in [1.29, 1.82) is 0 Å². The van der Waals surface area contributed by atoms with Crippen LogP contribution in [0.3, 0.4) is 0 Å². The first-order valence-electron chi connectivity index (χ1n) is 11.9. The number of aliphatic hydroxyl groups excluding tert-OH is 1. The zero-order valence-electron chi connectivity index (χ0n) is 21.4. The molecule has 2 rings (SSSR count). The van der Waals surface area contributed by atoms with Gasteiger partial charge in [-0.2, -0.15) is 17.5 Å². The molecule has 0 aliphatic heterocycles. The first-order valence-corrected chi connectivity index (χ1v) is 14.2. The third kappa shape index (κ3) is 9.68. The molecule has 2 aromatic rings. The molecule has 3 N–H and O–H groups in total. The molecule has 0 saturated carbocycles. The molecule has 0 bridgehead atoms. The van der Waals surface area contributed by atoms with Crippen molar-refractivity contribution in [2.24, 2.45) is 0 Å². The lowest BCUT2D eigenvalue weighted by atomic mass is 9.96. The summed E-state index contributed by atoms with van der Waals surface area (Å²) >= 11 is 1.69. The number of hydrogen-bond acceptors (Lipinski definition) is 6. The Balaban J connectivity index is 2.07. The van der Waals surface area contributed by atoms with E-state index in [-0.39, 0.29) is 24.2 Å². The van der Waals surface area contributed by atoms with Crippen LogP contribution in [0.4, 0.5) is 13.2 Å². The average molecular weight is 565 g/mol. The molecule has 0 spiro atoms. The summed E-state index contributed by atoms with van der Waals surface area (Å²) in [5, 5.41) is 24.7. The quantitative estimate of drug-likeness (QED) is 0.307. The second-order valence-electron chi connectivity index (χ2n) is 9.92. The first-order chi connectivity index (χ1) is 17.0. The summed E-state index contributed by atoms with van der Waals surface area (Å²) < 4.78 is 67.5. The number of halogens is 3. The fraction of sp³-hybridized carbons (Fsp3) is 0.560. The number of rotatable bonds is 14. The van der Waals surface area contributed by atoms with E-state index in [1.165, 1.54) is 18.8 Å².